The normalized spacial score (nSPS) is 13.8. The fraction of sp³-hybridized carbons (Fsp3) is 0.450. The molecule has 0 aliphatic carbocycles. The number of rotatable bonds is 8. The van der Waals surface area contributed by atoms with E-state index in [-0.39, 0.29) is 24.7 Å². The first-order valence-corrected chi connectivity index (χ1v) is 9.05. The molecule has 27 heavy (non-hydrogen) atoms. The lowest BCUT2D eigenvalue weighted by atomic mass is 10.1. The highest BCUT2D eigenvalue weighted by atomic mass is 16.6. The van der Waals surface area contributed by atoms with Gasteiger partial charge in [-0.1, -0.05) is 6.07 Å². The van der Waals surface area contributed by atoms with E-state index in [2.05, 4.69) is 0 Å². The van der Waals surface area contributed by atoms with Gasteiger partial charge in [0.05, 0.1) is 13.2 Å². The van der Waals surface area contributed by atoms with Crippen LogP contribution >= 0.6 is 0 Å². The lowest BCUT2D eigenvalue weighted by Gasteiger charge is -2.15. The van der Waals surface area contributed by atoms with Crippen LogP contribution in [0.2, 0.25) is 0 Å². The Kier molecular flexibility index (Phi) is 7.68. The van der Waals surface area contributed by atoms with E-state index >= 15 is 0 Å². The Hall–Kier alpha value is -3.01. The Bertz CT molecular complexity index is 745. The molecule has 7 heteroatoms. The molecule has 0 saturated carbocycles. The third kappa shape index (κ3) is 5.74. The number of carbonyl (C=O) groups is 2. The van der Waals surface area contributed by atoms with E-state index in [0.29, 0.717) is 36.8 Å². The summed E-state index contributed by atoms with van der Waals surface area (Å²) in [5, 5.41) is 9.37. The molecule has 0 spiro atoms. The first kappa shape index (κ1) is 20.3. The number of ether oxygens (including phenoxy) is 3. The van der Waals surface area contributed by atoms with Gasteiger partial charge in [-0.2, -0.15) is 5.26 Å². The summed E-state index contributed by atoms with van der Waals surface area (Å²) < 4.78 is 15.9. The van der Waals surface area contributed by atoms with Crippen molar-refractivity contribution in [1.29, 1.82) is 5.26 Å². The van der Waals surface area contributed by atoms with Crippen LogP contribution in [0.4, 0.5) is 0 Å². The van der Waals surface area contributed by atoms with Gasteiger partial charge in [-0.25, -0.2) is 4.79 Å². The van der Waals surface area contributed by atoms with Gasteiger partial charge in [0.2, 0.25) is 0 Å². The maximum Gasteiger partial charge on any atom is 0.344 e. The minimum atomic E-state index is -0.466. The van der Waals surface area contributed by atoms with Gasteiger partial charge in [0.1, 0.15) is 11.6 Å². The average Bonchev–Trinajstić information content (AvgIpc) is 3.20. The highest BCUT2D eigenvalue weighted by Crippen LogP contribution is 2.29. The standard InChI is InChI=1S/C20H24N2O5/c1-3-25-18-12-15(7-8-17(18)27-14-19(23)26-4-2)11-16(13-21)20(24)22-9-5-6-10-22/h7-8,11-12H,3-6,9-10,14H2,1-2H3/b16-11+. The molecule has 0 aromatic heterocycles. The Morgan fingerprint density at radius 2 is 1.89 bits per heavy atom. The minimum absolute atomic E-state index is 0.0829. The molecule has 1 amide bonds. The SMILES string of the molecule is CCOC(=O)COc1ccc(/C=C(\C#N)C(=O)N2CCCC2)cc1OCC. The van der Waals surface area contributed by atoms with E-state index in [1.54, 1.807) is 30.0 Å². The molecule has 1 heterocycles. The Morgan fingerprint density at radius 3 is 2.52 bits per heavy atom. The van der Waals surface area contributed by atoms with Crippen LogP contribution in [0.3, 0.4) is 0 Å². The molecule has 1 aromatic carbocycles. The zero-order valence-electron chi connectivity index (χ0n) is 15.7. The largest absolute Gasteiger partial charge is 0.490 e. The van der Waals surface area contributed by atoms with Crippen LogP contribution in [0, 0.1) is 11.3 Å². The molecule has 1 aromatic rings. The second kappa shape index (κ2) is 10.2. The maximum absolute atomic E-state index is 12.4. The van der Waals surface area contributed by atoms with Crippen molar-refractivity contribution in [2.45, 2.75) is 26.7 Å². The molecule has 2 rings (SSSR count). The number of hydrogen-bond acceptors (Lipinski definition) is 6. The van der Waals surface area contributed by atoms with E-state index in [1.807, 2.05) is 13.0 Å². The predicted octanol–water partition coefficient (Wildman–Crippen LogP) is 2.56. The molecule has 0 radical (unpaired) electrons. The fourth-order valence-electron chi connectivity index (χ4n) is 2.74. The molecule has 1 aliphatic heterocycles. The van der Waals surface area contributed by atoms with Crippen molar-refractivity contribution < 1.29 is 23.8 Å². The first-order chi connectivity index (χ1) is 13.1. The average molecular weight is 372 g/mol. The second-order valence-electron chi connectivity index (χ2n) is 5.90. The third-order valence-corrected chi connectivity index (χ3v) is 3.97. The molecule has 7 nitrogen and oxygen atoms in total. The van der Waals surface area contributed by atoms with Crippen LogP contribution in [0.15, 0.2) is 23.8 Å². The van der Waals surface area contributed by atoms with Crippen LogP contribution in [0.1, 0.15) is 32.3 Å². The molecule has 144 valence electrons. The van der Waals surface area contributed by atoms with E-state index in [1.165, 1.54) is 6.08 Å². The van der Waals surface area contributed by atoms with Crippen molar-refractivity contribution in [3.05, 3.63) is 29.3 Å². The lowest BCUT2D eigenvalue weighted by Crippen LogP contribution is -2.28. The number of likely N-dealkylation sites (tertiary alicyclic amines) is 1. The summed E-state index contributed by atoms with van der Waals surface area (Å²) >= 11 is 0. The van der Waals surface area contributed by atoms with Crippen molar-refractivity contribution in [3.8, 4) is 17.6 Å². The van der Waals surface area contributed by atoms with E-state index in [0.717, 1.165) is 12.8 Å². The van der Waals surface area contributed by atoms with Crippen molar-refractivity contribution >= 4 is 18.0 Å². The third-order valence-electron chi connectivity index (χ3n) is 3.97. The van der Waals surface area contributed by atoms with Crippen LogP contribution in [-0.4, -0.2) is 49.7 Å². The molecule has 0 bridgehead atoms. The Balaban J connectivity index is 2.18. The van der Waals surface area contributed by atoms with Crippen molar-refractivity contribution in [3.63, 3.8) is 0 Å². The summed E-state index contributed by atoms with van der Waals surface area (Å²) in [6.45, 7) is 5.38. The molecular formula is C20H24N2O5. The molecule has 1 fully saturated rings. The summed E-state index contributed by atoms with van der Waals surface area (Å²) in [5.74, 6) is 0.107. The van der Waals surface area contributed by atoms with E-state index < -0.39 is 5.97 Å². The number of nitrogens with zero attached hydrogens (tertiary/aromatic N) is 2. The predicted molar refractivity (Wildman–Crippen MR) is 99.1 cm³/mol. The number of benzene rings is 1. The molecule has 1 saturated heterocycles. The van der Waals surface area contributed by atoms with Gasteiger partial charge in [0, 0.05) is 13.1 Å². The van der Waals surface area contributed by atoms with Gasteiger partial charge in [0.15, 0.2) is 18.1 Å². The summed E-state index contributed by atoms with van der Waals surface area (Å²) in [6.07, 6.45) is 3.47. The summed E-state index contributed by atoms with van der Waals surface area (Å²) in [5.41, 5.74) is 0.727. The van der Waals surface area contributed by atoms with Crippen LogP contribution in [0.25, 0.3) is 6.08 Å². The first-order valence-electron chi connectivity index (χ1n) is 9.05. The zero-order chi connectivity index (χ0) is 19.6. The Morgan fingerprint density at radius 1 is 1.15 bits per heavy atom. The van der Waals surface area contributed by atoms with Crippen molar-refractivity contribution in [2.24, 2.45) is 0 Å². The van der Waals surface area contributed by atoms with Gasteiger partial charge < -0.3 is 19.1 Å². The topological polar surface area (TPSA) is 88.9 Å². The van der Waals surface area contributed by atoms with Crippen LogP contribution < -0.4 is 9.47 Å². The zero-order valence-corrected chi connectivity index (χ0v) is 15.7. The highest BCUT2D eigenvalue weighted by molar-refractivity contribution is 6.01. The highest BCUT2D eigenvalue weighted by Gasteiger charge is 2.21. The van der Waals surface area contributed by atoms with Gasteiger partial charge >= 0.3 is 5.97 Å². The summed E-state index contributed by atoms with van der Waals surface area (Å²) in [6, 6.07) is 7.01. The van der Waals surface area contributed by atoms with Gasteiger partial charge in [-0.3, -0.25) is 4.79 Å². The second-order valence-corrected chi connectivity index (χ2v) is 5.90. The molecule has 0 unspecified atom stereocenters. The quantitative estimate of drug-likeness (QED) is 0.396. The lowest BCUT2D eigenvalue weighted by molar-refractivity contribution is -0.145. The number of hydrogen-bond donors (Lipinski definition) is 0. The van der Waals surface area contributed by atoms with Gasteiger partial charge in [0.25, 0.3) is 5.91 Å². The number of amides is 1. The van der Waals surface area contributed by atoms with Crippen molar-refractivity contribution in [2.75, 3.05) is 32.9 Å². The minimum Gasteiger partial charge on any atom is -0.490 e. The molecule has 1 aliphatic rings. The number of nitriles is 1. The maximum atomic E-state index is 12.4. The van der Waals surface area contributed by atoms with Crippen LogP contribution in [0.5, 0.6) is 11.5 Å². The van der Waals surface area contributed by atoms with E-state index in [4.69, 9.17) is 14.2 Å². The monoisotopic (exact) mass is 372 g/mol. The smallest absolute Gasteiger partial charge is 0.344 e. The van der Waals surface area contributed by atoms with Gasteiger partial charge in [-0.05, 0) is 50.5 Å². The molecule has 0 N–H and O–H groups in total. The summed E-state index contributed by atoms with van der Waals surface area (Å²) in [7, 11) is 0. The molecular weight excluding hydrogens is 348 g/mol. The summed E-state index contributed by atoms with van der Waals surface area (Å²) in [4.78, 5) is 25.6. The number of esters is 1. The fourth-order valence-corrected chi connectivity index (χ4v) is 2.74. The Labute approximate surface area is 159 Å². The van der Waals surface area contributed by atoms with Crippen molar-refractivity contribution in [1.82, 2.24) is 4.90 Å². The molecule has 0 atom stereocenters. The van der Waals surface area contributed by atoms with E-state index in [9.17, 15) is 14.9 Å². The number of carbonyl (C=O) groups excluding carboxylic acids is 2. The van der Waals surface area contributed by atoms with Crippen LogP contribution in [-0.2, 0) is 14.3 Å². The van der Waals surface area contributed by atoms with Gasteiger partial charge in [-0.15, -0.1) is 0 Å².